The smallest absolute Gasteiger partial charge is 0.251 e. The third-order valence-corrected chi connectivity index (χ3v) is 5.00. The van der Waals surface area contributed by atoms with E-state index in [0.29, 0.717) is 17.5 Å². The number of hydrogen-bond donors (Lipinski definition) is 1. The predicted molar refractivity (Wildman–Crippen MR) is 85.8 cm³/mol. The summed E-state index contributed by atoms with van der Waals surface area (Å²) in [5.41, 5.74) is 2.48. The summed E-state index contributed by atoms with van der Waals surface area (Å²) in [6.45, 7) is 3.36. The van der Waals surface area contributed by atoms with Gasteiger partial charge in [0.25, 0.3) is 5.91 Å². The van der Waals surface area contributed by atoms with Crippen molar-refractivity contribution in [2.75, 3.05) is 19.6 Å². The van der Waals surface area contributed by atoms with Crippen molar-refractivity contribution < 1.29 is 4.79 Å². The number of nitrogens with one attached hydrogen (secondary N) is 1. The van der Waals surface area contributed by atoms with Crippen molar-refractivity contribution in [3.63, 3.8) is 0 Å². The maximum atomic E-state index is 12.5. The highest BCUT2D eigenvalue weighted by molar-refractivity contribution is 5.95. The highest BCUT2D eigenvalue weighted by Crippen LogP contribution is 2.27. The van der Waals surface area contributed by atoms with E-state index >= 15 is 0 Å². The second-order valence-electron chi connectivity index (χ2n) is 6.34. The van der Waals surface area contributed by atoms with Gasteiger partial charge < -0.3 is 14.6 Å². The first-order valence-electron chi connectivity index (χ1n) is 7.84. The lowest BCUT2D eigenvalue weighted by Crippen LogP contribution is -2.57. The van der Waals surface area contributed by atoms with Gasteiger partial charge in [-0.05, 0) is 50.0 Å². The van der Waals surface area contributed by atoms with Crippen LogP contribution in [0.25, 0.3) is 5.52 Å². The van der Waals surface area contributed by atoms with Crippen molar-refractivity contribution >= 4 is 11.4 Å². The molecular weight excluding hydrogens is 274 g/mol. The zero-order chi connectivity index (χ0) is 15.1. The van der Waals surface area contributed by atoms with Crippen LogP contribution >= 0.6 is 0 Å². The molecule has 4 heteroatoms. The van der Waals surface area contributed by atoms with Crippen LogP contribution in [0.1, 0.15) is 28.8 Å². The van der Waals surface area contributed by atoms with Crippen molar-refractivity contribution in [3.8, 4) is 12.3 Å². The molecule has 2 aromatic rings. The Hall–Kier alpha value is -2.25. The third kappa shape index (κ3) is 2.28. The van der Waals surface area contributed by atoms with Crippen LogP contribution in [-0.4, -0.2) is 40.9 Å². The topological polar surface area (TPSA) is 36.8 Å². The number of pyridine rings is 1. The largest absolute Gasteiger partial charge is 0.348 e. The molecule has 0 radical (unpaired) electrons. The zero-order valence-electron chi connectivity index (χ0n) is 12.5. The van der Waals surface area contributed by atoms with E-state index in [9.17, 15) is 4.79 Å². The Morgan fingerprint density at radius 2 is 2.14 bits per heavy atom. The van der Waals surface area contributed by atoms with Crippen LogP contribution in [0.3, 0.4) is 0 Å². The van der Waals surface area contributed by atoms with Crippen molar-refractivity contribution in [1.29, 1.82) is 0 Å². The molecule has 5 rings (SSSR count). The Bertz CT molecular complexity index is 762. The van der Waals surface area contributed by atoms with Crippen molar-refractivity contribution in [2.24, 2.45) is 5.92 Å². The van der Waals surface area contributed by atoms with Crippen LogP contribution in [0.15, 0.2) is 30.6 Å². The number of carbonyl (C=O) groups is 1. The van der Waals surface area contributed by atoms with E-state index in [1.54, 1.807) is 0 Å². The molecule has 2 aromatic heterocycles. The van der Waals surface area contributed by atoms with E-state index in [1.807, 2.05) is 35.0 Å². The van der Waals surface area contributed by atoms with Crippen molar-refractivity contribution in [2.45, 2.75) is 18.9 Å². The van der Waals surface area contributed by atoms with E-state index in [0.717, 1.165) is 17.6 Å². The molecule has 0 saturated carbocycles. The number of piperidine rings is 3. The molecular formula is C18H19N3O. The lowest BCUT2D eigenvalue weighted by molar-refractivity contribution is 0.0620. The summed E-state index contributed by atoms with van der Waals surface area (Å²) in [7, 11) is 0. The minimum atomic E-state index is 0.0182. The van der Waals surface area contributed by atoms with Gasteiger partial charge in [0.1, 0.15) is 0 Å². The summed E-state index contributed by atoms with van der Waals surface area (Å²) in [4.78, 5) is 15.0. The minimum absolute atomic E-state index is 0.0182. The molecule has 0 aliphatic carbocycles. The Labute approximate surface area is 130 Å². The van der Waals surface area contributed by atoms with Crippen LogP contribution in [-0.2, 0) is 0 Å². The molecule has 1 N–H and O–H groups in total. The van der Waals surface area contributed by atoms with Gasteiger partial charge in [-0.2, -0.15) is 0 Å². The Morgan fingerprint density at radius 3 is 2.82 bits per heavy atom. The van der Waals surface area contributed by atoms with Gasteiger partial charge in [-0.25, -0.2) is 0 Å². The normalized spacial score (nSPS) is 26.8. The number of rotatable bonds is 2. The first kappa shape index (κ1) is 13.4. The molecule has 5 heterocycles. The van der Waals surface area contributed by atoms with E-state index in [2.05, 4.69) is 16.1 Å². The quantitative estimate of drug-likeness (QED) is 0.856. The fourth-order valence-corrected chi connectivity index (χ4v) is 3.71. The van der Waals surface area contributed by atoms with Crippen molar-refractivity contribution in [1.82, 2.24) is 14.6 Å². The van der Waals surface area contributed by atoms with Crippen LogP contribution in [0.4, 0.5) is 0 Å². The van der Waals surface area contributed by atoms with Gasteiger partial charge in [0.15, 0.2) is 0 Å². The summed E-state index contributed by atoms with van der Waals surface area (Å²) in [6, 6.07) is 5.96. The lowest BCUT2D eigenvalue weighted by atomic mass is 9.84. The van der Waals surface area contributed by atoms with Crippen LogP contribution < -0.4 is 5.32 Å². The number of hydrogen-bond acceptors (Lipinski definition) is 2. The summed E-state index contributed by atoms with van der Waals surface area (Å²) < 4.78 is 1.94. The SMILES string of the molecule is C#Cc1cc2cc(C(=O)N[C@H]3CN4CCC3CC4)ccn2c1. The number of carbonyl (C=O) groups excluding carboxylic acids is 1. The molecule has 0 spiro atoms. The van der Waals surface area contributed by atoms with Crippen LogP contribution in [0, 0.1) is 18.3 Å². The highest BCUT2D eigenvalue weighted by Gasteiger charge is 2.34. The molecule has 3 fully saturated rings. The molecule has 4 nitrogen and oxygen atoms in total. The van der Waals surface area contributed by atoms with E-state index in [-0.39, 0.29) is 5.91 Å². The van der Waals surface area contributed by atoms with Gasteiger partial charge in [-0.3, -0.25) is 4.79 Å². The minimum Gasteiger partial charge on any atom is -0.348 e. The molecule has 3 aliphatic heterocycles. The number of amides is 1. The van der Waals surface area contributed by atoms with Gasteiger partial charge in [0.05, 0.1) is 0 Å². The highest BCUT2D eigenvalue weighted by atomic mass is 16.1. The zero-order valence-corrected chi connectivity index (χ0v) is 12.5. The number of terminal acetylenes is 1. The Balaban J connectivity index is 1.54. The van der Waals surface area contributed by atoms with Gasteiger partial charge in [-0.15, -0.1) is 6.42 Å². The average molecular weight is 293 g/mol. The molecule has 2 bridgehead atoms. The molecule has 3 saturated heterocycles. The predicted octanol–water partition coefficient (Wildman–Crippen LogP) is 1.74. The third-order valence-electron chi connectivity index (χ3n) is 5.00. The standard InChI is InChI=1S/C18H19N3O/c1-2-13-9-16-10-15(5-8-21(16)11-13)18(22)19-17-12-20-6-3-14(17)4-7-20/h1,5,8-11,14,17H,3-4,6-7,12H2,(H,19,22)/t17-/m0/s1. The van der Waals surface area contributed by atoms with Gasteiger partial charge in [0, 0.05) is 41.6 Å². The maximum absolute atomic E-state index is 12.5. The Kier molecular flexibility index (Phi) is 3.16. The monoisotopic (exact) mass is 293 g/mol. The van der Waals surface area contributed by atoms with E-state index < -0.39 is 0 Å². The number of nitrogens with zero attached hydrogens (tertiary/aromatic N) is 2. The number of aromatic nitrogens is 1. The molecule has 1 amide bonds. The summed E-state index contributed by atoms with van der Waals surface area (Å²) in [5, 5.41) is 3.22. The average Bonchev–Trinajstić information content (AvgIpc) is 2.98. The molecule has 22 heavy (non-hydrogen) atoms. The molecule has 0 aromatic carbocycles. The first-order valence-corrected chi connectivity index (χ1v) is 7.84. The van der Waals surface area contributed by atoms with Crippen LogP contribution in [0.2, 0.25) is 0 Å². The van der Waals surface area contributed by atoms with Gasteiger partial charge in [0.2, 0.25) is 0 Å². The maximum Gasteiger partial charge on any atom is 0.251 e. The van der Waals surface area contributed by atoms with E-state index in [4.69, 9.17) is 6.42 Å². The fraction of sp³-hybridized carbons (Fsp3) is 0.389. The van der Waals surface area contributed by atoms with E-state index in [1.165, 1.54) is 25.9 Å². The first-order chi connectivity index (χ1) is 10.7. The van der Waals surface area contributed by atoms with Crippen molar-refractivity contribution in [3.05, 3.63) is 41.7 Å². The molecule has 0 unspecified atom stereocenters. The Morgan fingerprint density at radius 1 is 1.32 bits per heavy atom. The second-order valence-corrected chi connectivity index (χ2v) is 6.34. The molecule has 112 valence electrons. The lowest BCUT2D eigenvalue weighted by Gasteiger charge is -2.44. The second kappa shape index (κ2) is 5.19. The fourth-order valence-electron chi connectivity index (χ4n) is 3.71. The molecule has 1 atom stereocenters. The van der Waals surface area contributed by atoms with Crippen LogP contribution in [0.5, 0.6) is 0 Å². The molecule has 3 aliphatic rings. The summed E-state index contributed by atoms with van der Waals surface area (Å²) in [6.07, 6.45) is 11.6. The summed E-state index contributed by atoms with van der Waals surface area (Å²) in [5.74, 6) is 3.28. The van der Waals surface area contributed by atoms with Gasteiger partial charge >= 0.3 is 0 Å². The van der Waals surface area contributed by atoms with Gasteiger partial charge in [-0.1, -0.05) is 5.92 Å². The number of fused-ring (bicyclic) bond motifs is 4. The summed E-state index contributed by atoms with van der Waals surface area (Å²) >= 11 is 0.